The van der Waals surface area contributed by atoms with Gasteiger partial charge in [-0.25, -0.2) is 13.2 Å². The number of carboxylic acid groups (broad SMARTS) is 1. The Kier molecular flexibility index (Phi) is 10.1. The first-order valence-electron chi connectivity index (χ1n) is 11.6. The van der Waals surface area contributed by atoms with Crippen LogP contribution in [0, 0.1) is 5.92 Å². The number of carboxylic acids is 1. The van der Waals surface area contributed by atoms with E-state index in [0.29, 0.717) is 19.9 Å². The van der Waals surface area contributed by atoms with Gasteiger partial charge < -0.3 is 19.7 Å². The fraction of sp³-hybridized carbons (Fsp3) is 0.417. The first-order chi connectivity index (χ1) is 18.7. The topological polar surface area (TPSA) is 142 Å². The fourth-order valence-electron chi connectivity index (χ4n) is 2.99. The van der Waals surface area contributed by atoms with Crippen molar-refractivity contribution in [3.05, 3.63) is 48.0 Å². The molecule has 41 heavy (non-hydrogen) atoms. The maximum absolute atomic E-state index is 13.1. The van der Waals surface area contributed by atoms with Gasteiger partial charge in [-0.3, -0.25) is 14.4 Å². The van der Waals surface area contributed by atoms with Gasteiger partial charge in [0.15, 0.2) is 0 Å². The van der Waals surface area contributed by atoms with Gasteiger partial charge >= 0.3 is 24.4 Å². The number of aliphatic carboxylic acids is 1. The quantitative estimate of drug-likeness (QED) is 0.390. The Morgan fingerprint density at radius 2 is 1.73 bits per heavy atom. The Morgan fingerprint density at radius 3 is 2.24 bits per heavy atom. The van der Waals surface area contributed by atoms with E-state index in [2.05, 4.69) is 10.1 Å². The lowest BCUT2D eigenvalue weighted by Crippen LogP contribution is -2.44. The first-order valence-corrected chi connectivity index (χ1v) is 13.0. The van der Waals surface area contributed by atoms with E-state index in [1.54, 1.807) is 0 Å². The molecule has 2 aromatic rings. The summed E-state index contributed by atoms with van der Waals surface area (Å²) in [5, 5.41) is 18.2. The van der Waals surface area contributed by atoms with Crippen molar-refractivity contribution >= 4 is 33.5 Å². The Labute approximate surface area is 230 Å². The summed E-state index contributed by atoms with van der Waals surface area (Å²) < 4.78 is 115. The van der Waals surface area contributed by atoms with Crippen LogP contribution < -0.4 is 14.4 Å². The number of rotatable bonds is 6. The van der Waals surface area contributed by atoms with Crippen LogP contribution in [0.3, 0.4) is 0 Å². The molecule has 3 rings (SSSR count). The van der Waals surface area contributed by atoms with Crippen LogP contribution in [0.2, 0.25) is 0 Å². The summed E-state index contributed by atoms with van der Waals surface area (Å²) in [5.41, 5.74) is -4.21. The van der Waals surface area contributed by atoms with Crippen LogP contribution in [0.15, 0.2) is 47.4 Å². The molecule has 17 heteroatoms. The minimum atomic E-state index is -4.84. The molecule has 0 radical (unpaired) electrons. The molecule has 0 aromatic heterocycles. The number of fused-ring (bicyclic) bond motifs is 1. The maximum atomic E-state index is 13.1. The van der Waals surface area contributed by atoms with Crippen molar-refractivity contribution in [1.29, 1.82) is 0 Å². The maximum Gasteiger partial charge on any atom is 0.427 e. The van der Waals surface area contributed by atoms with Gasteiger partial charge in [0.2, 0.25) is 5.60 Å². The molecular weight excluding hydrogens is 590 g/mol. The van der Waals surface area contributed by atoms with Crippen molar-refractivity contribution in [2.24, 2.45) is 5.92 Å². The third-order valence-electron chi connectivity index (χ3n) is 5.50. The summed E-state index contributed by atoms with van der Waals surface area (Å²) in [7, 11) is -4.49. The number of nitrogens with zero attached hydrogens (tertiary/aromatic N) is 1. The number of hydrogen-bond donors (Lipinski definition) is 3. The number of ether oxygens (including phenoxy) is 2. The second kappa shape index (κ2) is 12.4. The minimum absolute atomic E-state index is 0.0383. The second-order valence-corrected chi connectivity index (χ2v) is 10.9. The van der Waals surface area contributed by atoms with E-state index in [0.717, 1.165) is 28.6 Å². The Bertz CT molecular complexity index is 1360. The van der Waals surface area contributed by atoms with Crippen LogP contribution in [-0.2, 0) is 25.7 Å². The highest BCUT2D eigenvalue weighted by Crippen LogP contribution is 2.39. The van der Waals surface area contributed by atoms with Crippen molar-refractivity contribution in [2.75, 3.05) is 29.4 Å². The van der Waals surface area contributed by atoms with Crippen LogP contribution in [0.5, 0.6) is 5.75 Å². The molecule has 0 saturated heterocycles. The average molecular weight is 617 g/mol. The van der Waals surface area contributed by atoms with Crippen LogP contribution in [0.25, 0.3) is 0 Å². The van der Waals surface area contributed by atoms with Gasteiger partial charge in [-0.05, 0) is 57.2 Å². The molecule has 1 aliphatic heterocycles. The number of hydrogen-bond acceptors (Lipinski definition) is 7. The van der Waals surface area contributed by atoms with E-state index in [1.807, 2.05) is 0 Å². The molecule has 1 aliphatic rings. The Balaban J connectivity index is 0.000000745. The molecular formula is C24H26F6N2O8S. The predicted octanol–water partition coefficient (Wildman–Crippen LogP) is 4.88. The lowest BCUT2D eigenvalue weighted by atomic mass is 10.1. The van der Waals surface area contributed by atoms with Crippen LogP contribution >= 0.6 is 0 Å². The normalized spacial score (nSPS) is 14.5. The number of aliphatic hydroxyl groups excluding tert-OH is 1. The van der Waals surface area contributed by atoms with Crippen LogP contribution in [0.4, 0.5) is 42.5 Å². The number of carbonyl (C=O) groups is 2. The monoisotopic (exact) mass is 616 g/mol. The smallest absolute Gasteiger partial charge is 0.427 e. The molecule has 0 bridgehead atoms. The molecule has 0 fully saturated rings. The highest BCUT2D eigenvalue weighted by molar-refractivity contribution is 7.92. The highest BCUT2D eigenvalue weighted by atomic mass is 32.2. The number of sulfonamides is 1. The third kappa shape index (κ3) is 8.39. The summed E-state index contributed by atoms with van der Waals surface area (Å²) in [4.78, 5) is 21.1. The molecule has 0 aliphatic carbocycles. The number of anilines is 2. The molecule has 0 saturated carbocycles. The Morgan fingerprint density at radius 1 is 1.10 bits per heavy atom. The SMILES string of the molecule is CC(C)(OC(=O)Nc1ccc2c(c1)N(S(=O)(=O)c1cccc(C(F)(F)F)c1)CCO2)C(F)(F)F.CC(CO)C(=O)O. The number of nitrogens with one attached hydrogen (secondary N) is 1. The number of carbonyl (C=O) groups excluding carboxylic acids is 1. The van der Waals surface area contributed by atoms with Gasteiger partial charge in [0.25, 0.3) is 10.0 Å². The number of halogens is 6. The van der Waals surface area contributed by atoms with Gasteiger partial charge in [0, 0.05) is 5.69 Å². The molecule has 2 aromatic carbocycles. The van der Waals surface area contributed by atoms with Crippen LogP contribution in [0.1, 0.15) is 26.3 Å². The van der Waals surface area contributed by atoms with Crippen molar-refractivity contribution in [1.82, 2.24) is 0 Å². The molecule has 1 amide bonds. The van der Waals surface area contributed by atoms with Gasteiger partial charge in [-0.15, -0.1) is 0 Å². The molecule has 3 N–H and O–H groups in total. The van der Waals surface area contributed by atoms with E-state index in [4.69, 9.17) is 14.9 Å². The molecule has 1 unspecified atom stereocenters. The number of benzene rings is 2. The minimum Gasteiger partial charge on any atom is -0.489 e. The largest absolute Gasteiger partial charge is 0.489 e. The summed E-state index contributed by atoms with van der Waals surface area (Å²) in [5.74, 6) is -1.54. The predicted molar refractivity (Wildman–Crippen MR) is 132 cm³/mol. The average Bonchev–Trinajstić information content (AvgIpc) is 2.86. The highest BCUT2D eigenvalue weighted by Gasteiger charge is 2.51. The molecule has 1 heterocycles. The summed E-state index contributed by atoms with van der Waals surface area (Å²) in [6.07, 6.45) is -11.1. The summed E-state index contributed by atoms with van der Waals surface area (Å²) >= 11 is 0. The van der Waals surface area contributed by atoms with Crippen molar-refractivity contribution in [3.8, 4) is 5.75 Å². The standard InChI is InChI=1S/C20H18F6N2O5S.C4H8O3/c1-18(2,20(24,25)26)33-17(29)27-13-6-7-16-15(11-13)28(8-9-32-16)34(30,31)14-5-3-4-12(10-14)19(21,22)23;1-3(2-5)4(6)7/h3-7,10-11H,8-9H2,1-2H3,(H,27,29);3,5H,2H2,1H3,(H,6,7). The molecule has 10 nitrogen and oxygen atoms in total. The lowest BCUT2D eigenvalue weighted by molar-refractivity contribution is -0.242. The van der Waals surface area contributed by atoms with Gasteiger partial charge in [-0.2, -0.15) is 26.3 Å². The molecule has 228 valence electrons. The zero-order chi connectivity index (χ0) is 31.4. The molecule has 1 atom stereocenters. The number of amides is 1. The number of alkyl halides is 6. The van der Waals surface area contributed by atoms with E-state index in [9.17, 15) is 44.3 Å². The van der Waals surface area contributed by atoms with E-state index >= 15 is 0 Å². The van der Waals surface area contributed by atoms with E-state index < -0.39 is 56.4 Å². The van der Waals surface area contributed by atoms with E-state index in [1.165, 1.54) is 19.1 Å². The first kappa shape index (κ1) is 33.5. The van der Waals surface area contributed by atoms with Crippen molar-refractivity contribution in [2.45, 2.75) is 43.6 Å². The van der Waals surface area contributed by atoms with Gasteiger partial charge in [0.1, 0.15) is 12.4 Å². The lowest BCUT2D eigenvalue weighted by Gasteiger charge is -2.31. The fourth-order valence-corrected chi connectivity index (χ4v) is 4.49. The Hall–Kier alpha value is -3.73. The molecule has 0 spiro atoms. The van der Waals surface area contributed by atoms with Gasteiger partial charge in [0.05, 0.1) is 35.2 Å². The van der Waals surface area contributed by atoms with Crippen molar-refractivity contribution in [3.63, 3.8) is 0 Å². The number of aliphatic hydroxyl groups is 1. The summed E-state index contributed by atoms with van der Waals surface area (Å²) in [6, 6.07) is 6.76. The second-order valence-electron chi connectivity index (χ2n) is 9.08. The zero-order valence-corrected chi connectivity index (χ0v) is 22.5. The summed E-state index contributed by atoms with van der Waals surface area (Å²) in [6.45, 7) is 2.09. The third-order valence-corrected chi connectivity index (χ3v) is 7.31. The van der Waals surface area contributed by atoms with Gasteiger partial charge in [-0.1, -0.05) is 6.07 Å². The zero-order valence-electron chi connectivity index (χ0n) is 21.7. The van der Waals surface area contributed by atoms with Crippen LogP contribution in [-0.4, -0.2) is 62.2 Å². The van der Waals surface area contributed by atoms with Crippen molar-refractivity contribution < 1.29 is 64.0 Å². The van der Waals surface area contributed by atoms with E-state index in [-0.39, 0.29) is 36.9 Å².